The Morgan fingerprint density at radius 1 is 1.70 bits per heavy atom. The van der Waals surface area contributed by atoms with E-state index in [9.17, 15) is 0 Å². The maximum atomic E-state index is 5.50. The molecule has 10 heavy (non-hydrogen) atoms. The zero-order valence-corrected chi connectivity index (χ0v) is 5.50. The van der Waals surface area contributed by atoms with E-state index in [-0.39, 0.29) is 0 Å². The average molecular weight is 137 g/mol. The molecule has 3 nitrogen and oxygen atoms in total. The van der Waals surface area contributed by atoms with Gasteiger partial charge >= 0.3 is 0 Å². The van der Waals surface area contributed by atoms with Crippen LogP contribution < -0.4 is 15.5 Å². The smallest absolute Gasteiger partial charge is 0.194 e. The molecule has 0 fully saturated rings. The fraction of sp³-hybridized carbons (Fsp3) is 0. The molecule has 0 amide bonds. The van der Waals surface area contributed by atoms with E-state index in [1.807, 2.05) is 0 Å². The van der Waals surface area contributed by atoms with Crippen LogP contribution in [0.15, 0.2) is 31.3 Å². The van der Waals surface area contributed by atoms with E-state index in [0.29, 0.717) is 11.4 Å². The lowest BCUT2D eigenvalue weighted by Gasteiger charge is -1.97. The molecule has 0 bridgehead atoms. The lowest BCUT2D eigenvalue weighted by atomic mass is 10.4. The van der Waals surface area contributed by atoms with Gasteiger partial charge in [0.2, 0.25) is 0 Å². The number of anilines is 1. The van der Waals surface area contributed by atoms with E-state index in [1.54, 1.807) is 18.5 Å². The number of aromatic nitrogens is 1. The van der Waals surface area contributed by atoms with Crippen LogP contribution in [0.3, 0.4) is 0 Å². The van der Waals surface area contributed by atoms with Gasteiger partial charge < -0.3 is 10.5 Å². The van der Waals surface area contributed by atoms with Crippen molar-refractivity contribution in [2.75, 3.05) is 5.73 Å². The summed E-state index contributed by atoms with van der Waals surface area (Å²) in [7, 11) is 0. The van der Waals surface area contributed by atoms with Crippen LogP contribution in [0.4, 0.5) is 5.69 Å². The number of ether oxygens (including phenoxy) is 1. The topological polar surface area (TPSA) is 49.4 Å². The highest BCUT2D eigenvalue weighted by molar-refractivity contribution is 5.48. The van der Waals surface area contributed by atoms with Crippen LogP contribution in [0, 0.1) is 0 Å². The molecule has 0 aromatic carbocycles. The Hall–Kier alpha value is -1.51. The van der Waals surface area contributed by atoms with Crippen LogP contribution in [0.2, 0.25) is 0 Å². The van der Waals surface area contributed by atoms with Crippen molar-refractivity contribution in [3.05, 3.63) is 31.3 Å². The summed E-state index contributed by atoms with van der Waals surface area (Å²) in [5, 5.41) is 0. The maximum absolute atomic E-state index is 5.50. The maximum Gasteiger partial charge on any atom is 0.194 e. The SMILES string of the molecule is C=COc1cc[nH+]cc1N. The molecule has 1 heterocycles. The zero-order valence-electron chi connectivity index (χ0n) is 5.50. The number of pyridine rings is 1. The summed E-state index contributed by atoms with van der Waals surface area (Å²) in [6.45, 7) is 3.41. The number of nitrogens with one attached hydrogen (secondary N) is 1. The molecular weight excluding hydrogens is 128 g/mol. The second-order valence-corrected chi connectivity index (χ2v) is 1.75. The Labute approximate surface area is 59.1 Å². The zero-order chi connectivity index (χ0) is 7.40. The van der Waals surface area contributed by atoms with Crippen LogP contribution in [-0.4, -0.2) is 0 Å². The number of aromatic amines is 1. The van der Waals surface area contributed by atoms with Gasteiger partial charge in [-0.1, -0.05) is 6.58 Å². The minimum absolute atomic E-state index is 0.572. The largest absolute Gasteiger partial charge is 0.463 e. The first-order valence-corrected chi connectivity index (χ1v) is 2.87. The second-order valence-electron chi connectivity index (χ2n) is 1.75. The highest BCUT2D eigenvalue weighted by Crippen LogP contribution is 2.16. The highest BCUT2D eigenvalue weighted by atomic mass is 16.5. The Morgan fingerprint density at radius 3 is 3.10 bits per heavy atom. The van der Waals surface area contributed by atoms with Crippen molar-refractivity contribution < 1.29 is 9.72 Å². The molecule has 0 spiro atoms. The van der Waals surface area contributed by atoms with Gasteiger partial charge in [0.05, 0.1) is 6.26 Å². The minimum atomic E-state index is 0.572. The molecule has 0 saturated carbocycles. The molecular formula is C7H9N2O+. The molecule has 3 heteroatoms. The summed E-state index contributed by atoms with van der Waals surface area (Å²) < 4.78 is 4.96. The summed E-state index contributed by atoms with van der Waals surface area (Å²) in [6, 6.07) is 1.73. The van der Waals surface area contributed by atoms with E-state index in [4.69, 9.17) is 10.5 Å². The molecule has 52 valence electrons. The van der Waals surface area contributed by atoms with Crippen molar-refractivity contribution in [3.8, 4) is 5.75 Å². The third kappa shape index (κ3) is 1.25. The molecule has 1 rings (SSSR count). The van der Waals surface area contributed by atoms with Gasteiger partial charge in [-0.2, -0.15) is 0 Å². The van der Waals surface area contributed by atoms with E-state index >= 15 is 0 Å². The van der Waals surface area contributed by atoms with Crippen LogP contribution in [-0.2, 0) is 0 Å². The summed E-state index contributed by atoms with van der Waals surface area (Å²) in [5.41, 5.74) is 6.07. The van der Waals surface area contributed by atoms with E-state index in [0.717, 1.165) is 0 Å². The van der Waals surface area contributed by atoms with E-state index < -0.39 is 0 Å². The van der Waals surface area contributed by atoms with Gasteiger partial charge in [-0.15, -0.1) is 0 Å². The molecule has 0 atom stereocenters. The molecule has 1 aromatic rings. The first-order chi connectivity index (χ1) is 4.84. The number of hydrogen-bond donors (Lipinski definition) is 1. The number of nitrogens with two attached hydrogens (primary N) is 1. The second kappa shape index (κ2) is 2.87. The van der Waals surface area contributed by atoms with Crippen LogP contribution in [0.1, 0.15) is 0 Å². The van der Waals surface area contributed by atoms with Crippen molar-refractivity contribution in [1.82, 2.24) is 0 Å². The van der Waals surface area contributed by atoms with Crippen molar-refractivity contribution >= 4 is 5.69 Å². The highest BCUT2D eigenvalue weighted by Gasteiger charge is 1.98. The Kier molecular flexibility index (Phi) is 1.89. The van der Waals surface area contributed by atoms with Crippen LogP contribution >= 0.6 is 0 Å². The van der Waals surface area contributed by atoms with Crippen LogP contribution in [0.5, 0.6) is 5.75 Å². The molecule has 1 aromatic heterocycles. The molecule has 0 aliphatic heterocycles. The van der Waals surface area contributed by atoms with Gasteiger partial charge in [-0.3, -0.25) is 0 Å². The average Bonchev–Trinajstić information content (AvgIpc) is 1.94. The van der Waals surface area contributed by atoms with Crippen LogP contribution in [0.25, 0.3) is 0 Å². The number of rotatable bonds is 2. The normalized spacial score (nSPS) is 8.80. The number of hydrogen-bond acceptors (Lipinski definition) is 2. The summed E-state index contributed by atoms with van der Waals surface area (Å²) in [5.74, 6) is 0.619. The van der Waals surface area contributed by atoms with Crippen molar-refractivity contribution in [1.29, 1.82) is 0 Å². The first kappa shape index (κ1) is 6.61. The Balaban J connectivity index is 2.91. The summed E-state index contributed by atoms with van der Waals surface area (Å²) >= 11 is 0. The van der Waals surface area contributed by atoms with Gasteiger partial charge in [0, 0.05) is 6.07 Å². The standard InChI is InChI=1S/C7H8N2O/c1-2-10-7-3-4-9-5-6(7)8/h2-5H,1,8H2/p+1. The molecule has 0 radical (unpaired) electrons. The predicted octanol–water partition coefficient (Wildman–Crippen LogP) is 0.605. The molecule has 0 unspecified atom stereocenters. The predicted molar refractivity (Wildman–Crippen MR) is 38.2 cm³/mol. The number of nitrogen functional groups attached to an aromatic ring is 1. The van der Waals surface area contributed by atoms with Crippen molar-refractivity contribution in [2.45, 2.75) is 0 Å². The lowest BCUT2D eigenvalue weighted by molar-refractivity contribution is -0.377. The first-order valence-electron chi connectivity index (χ1n) is 2.87. The Bertz CT molecular complexity index is 235. The lowest BCUT2D eigenvalue weighted by Crippen LogP contribution is -2.02. The summed E-state index contributed by atoms with van der Waals surface area (Å²) in [4.78, 5) is 2.82. The molecule has 0 aliphatic carbocycles. The van der Waals surface area contributed by atoms with Gasteiger partial charge in [-0.25, -0.2) is 4.98 Å². The minimum Gasteiger partial charge on any atom is -0.463 e. The van der Waals surface area contributed by atoms with Gasteiger partial charge in [0.25, 0.3) is 0 Å². The third-order valence-corrected chi connectivity index (χ3v) is 1.06. The summed E-state index contributed by atoms with van der Waals surface area (Å²) in [6.07, 6.45) is 4.72. The fourth-order valence-electron chi connectivity index (χ4n) is 0.626. The quantitative estimate of drug-likeness (QED) is 0.607. The third-order valence-electron chi connectivity index (χ3n) is 1.06. The van der Waals surface area contributed by atoms with Crippen molar-refractivity contribution in [2.24, 2.45) is 0 Å². The molecule has 0 aliphatic rings. The number of H-pyrrole nitrogens is 1. The Morgan fingerprint density at radius 2 is 2.50 bits per heavy atom. The van der Waals surface area contributed by atoms with Gasteiger partial charge in [0.15, 0.2) is 18.1 Å². The van der Waals surface area contributed by atoms with Gasteiger partial charge in [-0.05, 0) is 0 Å². The van der Waals surface area contributed by atoms with E-state index in [1.165, 1.54) is 6.26 Å². The van der Waals surface area contributed by atoms with Gasteiger partial charge in [0.1, 0.15) is 5.69 Å². The van der Waals surface area contributed by atoms with E-state index in [2.05, 4.69) is 11.6 Å². The monoisotopic (exact) mass is 137 g/mol. The molecule has 3 N–H and O–H groups in total. The fourth-order valence-corrected chi connectivity index (χ4v) is 0.626. The van der Waals surface area contributed by atoms with Crippen molar-refractivity contribution in [3.63, 3.8) is 0 Å². The molecule has 0 saturated heterocycles.